The van der Waals surface area contributed by atoms with Gasteiger partial charge in [-0.2, -0.15) is 4.98 Å². The van der Waals surface area contributed by atoms with E-state index in [0.717, 1.165) is 12.8 Å². The van der Waals surface area contributed by atoms with Gasteiger partial charge in [-0.1, -0.05) is 13.3 Å². The van der Waals surface area contributed by atoms with Gasteiger partial charge in [-0.3, -0.25) is 0 Å². The summed E-state index contributed by atoms with van der Waals surface area (Å²) in [6, 6.07) is 3.34. The van der Waals surface area contributed by atoms with Crippen molar-refractivity contribution in [2.45, 2.75) is 19.8 Å². The van der Waals surface area contributed by atoms with Crippen LogP contribution in [0.3, 0.4) is 0 Å². The van der Waals surface area contributed by atoms with Gasteiger partial charge in [0.05, 0.1) is 6.26 Å². The molecule has 0 unspecified atom stereocenters. The second-order valence-corrected chi connectivity index (χ2v) is 4.14. The van der Waals surface area contributed by atoms with Gasteiger partial charge in [0.15, 0.2) is 11.4 Å². The Morgan fingerprint density at radius 3 is 2.90 bits per heavy atom. The molecule has 0 aliphatic rings. The fourth-order valence-corrected chi connectivity index (χ4v) is 1.74. The average Bonchev–Trinajstić information content (AvgIpc) is 2.93. The lowest BCUT2D eigenvalue weighted by molar-refractivity contribution is -0.388. The molecule has 0 radical (unpaired) electrons. The van der Waals surface area contributed by atoms with Crippen molar-refractivity contribution >= 4 is 17.5 Å². The van der Waals surface area contributed by atoms with Crippen LogP contribution in [0.2, 0.25) is 0 Å². The van der Waals surface area contributed by atoms with E-state index in [4.69, 9.17) is 10.2 Å². The van der Waals surface area contributed by atoms with Crippen molar-refractivity contribution in [3.8, 4) is 11.5 Å². The number of nitrogens with zero attached hydrogens (tertiary/aromatic N) is 3. The van der Waals surface area contributed by atoms with Crippen LogP contribution in [0.4, 0.5) is 17.5 Å². The molecule has 0 aliphatic carbocycles. The Balaban J connectivity index is 2.50. The van der Waals surface area contributed by atoms with Crippen LogP contribution < -0.4 is 11.1 Å². The maximum absolute atomic E-state index is 11.1. The van der Waals surface area contributed by atoms with Crippen molar-refractivity contribution < 1.29 is 9.34 Å². The number of anilines is 2. The standard InChI is InChI=1S/C12H15N5O3/c1-2-3-6-14-10-9(8-5-4-7-20-8)15-12(13)16-11(10)17(18)19/h4-5,7,14H,2-3,6H2,1H3,(H2,13,15,16). The molecule has 8 nitrogen and oxygen atoms in total. The first-order valence-corrected chi connectivity index (χ1v) is 6.23. The molecule has 0 aromatic carbocycles. The van der Waals surface area contributed by atoms with Crippen LogP contribution in [0.1, 0.15) is 19.8 Å². The second-order valence-electron chi connectivity index (χ2n) is 4.14. The van der Waals surface area contributed by atoms with Crippen LogP contribution in [0, 0.1) is 10.1 Å². The van der Waals surface area contributed by atoms with E-state index in [9.17, 15) is 10.1 Å². The molecule has 0 fully saturated rings. The number of nitrogens with one attached hydrogen (secondary N) is 1. The zero-order valence-corrected chi connectivity index (χ0v) is 11.0. The first-order chi connectivity index (χ1) is 9.63. The van der Waals surface area contributed by atoms with Crippen molar-refractivity contribution in [1.29, 1.82) is 0 Å². The molecular weight excluding hydrogens is 262 g/mol. The summed E-state index contributed by atoms with van der Waals surface area (Å²) in [5.41, 5.74) is 6.06. The zero-order chi connectivity index (χ0) is 14.5. The van der Waals surface area contributed by atoms with Gasteiger partial charge in [-0.15, -0.1) is 0 Å². The second kappa shape index (κ2) is 6.00. The largest absolute Gasteiger partial charge is 0.463 e. The Kier molecular flexibility index (Phi) is 4.14. The monoisotopic (exact) mass is 277 g/mol. The highest BCUT2D eigenvalue weighted by molar-refractivity contribution is 5.78. The van der Waals surface area contributed by atoms with Crippen molar-refractivity contribution in [2.75, 3.05) is 17.6 Å². The molecule has 0 saturated carbocycles. The number of hydrogen-bond donors (Lipinski definition) is 2. The van der Waals surface area contributed by atoms with Gasteiger partial charge in [-0.25, -0.2) is 0 Å². The third-order valence-corrected chi connectivity index (χ3v) is 2.67. The number of nitrogen functional groups attached to an aromatic ring is 1. The summed E-state index contributed by atoms with van der Waals surface area (Å²) in [6.07, 6.45) is 3.31. The van der Waals surface area contributed by atoms with E-state index in [2.05, 4.69) is 15.3 Å². The Morgan fingerprint density at radius 1 is 1.50 bits per heavy atom. The molecule has 20 heavy (non-hydrogen) atoms. The van der Waals surface area contributed by atoms with Crippen molar-refractivity contribution in [3.05, 3.63) is 28.5 Å². The third-order valence-electron chi connectivity index (χ3n) is 2.67. The predicted molar refractivity (Wildman–Crippen MR) is 74.2 cm³/mol. The van der Waals surface area contributed by atoms with Crippen molar-refractivity contribution in [3.63, 3.8) is 0 Å². The number of aromatic nitrogens is 2. The van der Waals surface area contributed by atoms with Crippen molar-refractivity contribution in [2.24, 2.45) is 0 Å². The summed E-state index contributed by atoms with van der Waals surface area (Å²) < 4.78 is 5.25. The summed E-state index contributed by atoms with van der Waals surface area (Å²) in [4.78, 5) is 18.3. The van der Waals surface area contributed by atoms with Gasteiger partial charge in [0, 0.05) is 11.5 Å². The van der Waals surface area contributed by atoms with E-state index in [-0.39, 0.29) is 17.5 Å². The molecule has 2 heterocycles. The molecule has 0 saturated heterocycles. The topological polar surface area (TPSA) is 120 Å². The van der Waals surface area contributed by atoms with Gasteiger partial charge >= 0.3 is 11.8 Å². The zero-order valence-electron chi connectivity index (χ0n) is 11.0. The molecule has 2 rings (SSSR count). The molecule has 0 atom stereocenters. The molecule has 8 heteroatoms. The number of hydrogen-bond acceptors (Lipinski definition) is 7. The molecule has 0 bridgehead atoms. The van der Waals surface area contributed by atoms with E-state index in [0.29, 0.717) is 18.0 Å². The molecule has 2 aromatic rings. The number of nitro groups is 1. The molecular formula is C12H15N5O3. The first-order valence-electron chi connectivity index (χ1n) is 6.23. The summed E-state index contributed by atoms with van der Waals surface area (Å²) in [5.74, 6) is -0.106. The number of unbranched alkanes of at least 4 members (excludes halogenated alkanes) is 1. The lowest BCUT2D eigenvalue weighted by atomic mass is 10.2. The molecule has 2 aromatic heterocycles. The number of nitrogens with two attached hydrogens (primary N) is 1. The van der Waals surface area contributed by atoms with Crippen LogP contribution in [0.15, 0.2) is 22.8 Å². The van der Waals surface area contributed by atoms with E-state index < -0.39 is 4.92 Å². The Bertz CT molecular complexity index is 597. The predicted octanol–water partition coefficient (Wildman–Crippen LogP) is 2.44. The third kappa shape index (κ3) is 2.85. The van der Waals surface area contributed by atoms with E-state index in [1.54, 1.807) is 12.1 Å². The molecule has 0 spiro atoms. The Labute approximate surface area is 115 Å². The highest BCUT2D eigenvalue weighted by Gasteiger charge is 2.25. The average molecular weight is 277 g/mol. The fraction of sp³-hybridized carbons (Fsp3) is 0.333. The van der Waals surface area contributed by atoms with Gasteiger partial charge in [0.25, 0.3) is 0 Å². The minimum atomic E-state index is -0.585. The van der Waals surface area contributed by atoms with Crippen LogP contribution in [-0.4, -0.2) is 21.4 Å². The minimum Gasteiger partial charge on any atom is -0.463 e. The maximum Gasteiger partial charge on any atom is 0.393 e. The summed E-state index contributed by atoms with van der Waals surface area (Å²) >= 11 is 0. The quantitative estimate of drug-likeness (QED) is 0.472. The van der Waals surface area contributed by atoms with Crippen LogP contribution in [0.5, 0.6) is 0 Å². The summed E-state index contributed by atoms with van der Waals surface area (Å²) in [6.45, 7) is 2.61. The smallest absolute Gasteiger partial charge is 0.393 e. The van der Waals surface area contributed by atoms with Crippen molar-refractivity contribution in [1.82, 2.24) is 9.97 Å². The maximum atomic E-state index is 11.1. The van der Waals surface area contributed by atoms with E-state index >= 15 is 0 Å². The van der Waals surface area contributed by atoms with Crippen LogP contribution in [0.25, 0.3) is 11.5 Å². The van der Waals surface area contributed by atoms with E-state index in [1.807, 2.05) is 6.92 Å². The Morgan fingerprint density at radius 2 is 2.30 bits per heavy atom. The lowest BCUT2D eigenvalue weighted by Crippen LogP contribution is -2.10. The summed E-state index contributed by atoms with van der Waals surface area (Å²) in [7, 11) is 0. The first kappa shape index (κ1) is 13.8. The van der Waals surface area contributed by atoms with Gasteiger partial charge < -0.3 is 25.6 Å². The normalized spacial score (nSPS) is 10.4. The highest BCUT2D eigenvalue weighted by Crippen LogP contribution is 2.33. The molecule has 106 valence electrons. The van der Waals surface area contributed by atoms with Gasteiger partial charge in [0.2, 0.25) is 0 Å². The SMILES string of the molecule is CCCCNc1c(-c2ccco2)nc(N)nc1[N+](=O)[O-]. The van der Waals surface area contributed by atoms with Crippen LogP contribution in [-0.2, 0) is 0 Å². The highest BCUT2D eigenvalue weighted by atomic mass is 16.6. The van der Waals surface area contributed by atoms with E-state index in [1.165, 1.54) is 6.26 Å². The van der Waals surface area contributed by atoms with Gasteiger partial charge in [0.1, 0.15) is 5.69 Å². The fourth-order valence-electron chi connectivity index (χ4n) is 1.74. The summed E-state index contributed by atoms with van der Waals surface area (Å²) in [5, 5.41) is 14.1. The molecule has 0 amide bonds. The van der Waals surface area contributed by atoms with Crippen LogP contribution >= 0.6 is 0 Å². The Hall–Kier alpha value is -2.64. The minimum absolute atomic E-state index is 0.163. The molecule has 3 N–H and O–H groups in total. The number of rotatable bonds is 6. The van der Waals surface area contributed by atoms with Gasteiger partial charge in [-0.05, 0) is 23.5 Å². The molecule has 0 aliphatic heterocycles. The lowest BCUT2D eigenvalue weighted by Gasteiger charge is -2.09. The number of furan rings is 1.